The van der Waals surface area contributed by atoms with Gasteiger partial charge >= 0.3 is 0 Å². The third-order valence-corrected chi connectivity index (χ3v) is 8.87. The number of nitrogens with two attached hydrogens (primary N) is 1. The molecule has 1 amide bonds. The third kappa shape index (κ3) is 4.46. The molecular weight excluding hydrogens is 440 g/mol. The topological polar surface area (TPSA) is 101 Å². The van der Waals surface area contributed by atoms with Crippen LogP contribution < -0.4 is 11.1 Å². The van der Waals surface area contributed by atoms with E-state index in [4.69, 9.17) is 10.5 Å². The summed E-state index contributed by atoms with van der Waals surface area (Å²) in [5, 5.41) is 12.8. The number of rotatable bonds is 5. The van der Waals surface area contributed by atoms with Gasteiger partial charge in [-0.3, -0.25) is 9.69 Å². The summed E-state index contributed by atoms with van der Waals surface area (Å²) in [6.07, 6.45) is 8.12. The fourth-order valence-corrected chi connectivity index (χ4v) is 6.59. The number of ether oxygens (including phenoxy) is 1. The van der Waals surface area contributed by atoms with E-state index in [-0.39, 0.29) is 23.9 Å². The summed E-state index contributed by atoms with van der Waals surface area (Å²) < 4.78 is 5.56. The zero-order valence-electron chi connectivity index (χ0n) is 20.3. The van der Waals surface area contributed by atoms with Gasteiger partial charge in [-0.15, -0.1) is 0 Å². The highest BCUT2D eigenvalue weighted by molar-refractivity contribution is 5.99. The SMILES string of the molecule is Nc1ncc(-c2ccc([C@@]34C[C@@H]3CN(C3CCOCC3)C4)cc2)cc1C(=O)N[C@H]1CC[C@@H](O)CC1. The number of fused-ring (bicyclic) bond motifs is 1. The maximum Gasteiger partial charge on any atom is 0.255 e. The molecule has 186 valence electrons. The fraction of sp³-hybridized carbons (Fsp3) is 0.571. The molecule has 4 fully saturated rings. The van der Waals surface area contributed by atoms with Gasteiger partial charge in [-0.25, -0.2) is 4.98 Å². The second-order valence-electron chi connectivity index (χ2n) is 11.0. The highest BCUT2D eigenvalue weighted by Gasteiger charge is 2.61. The lowest BCUT2D eigenvalue weighted by atomic mass is 9.92. The molecular formula is C28H36N4O3. The summed E-state index contributed by atoms with van der Waals surface area (Å²) in [5.74, 6) is 0.830. The number of carbonyl (C=O) groups excluding carboxylic acids is 1. The minimum atomic E-state index is -0.249. The van der Waals surface area contributed by atoms with Crippen LogP contribution in [0.2, 0.25) is 0 Å². The maximum absolute atomic E-state index is 12.9. The second-order valence-corrected chi connectivity index (χ2v) is 11.0. The number of aliphatic hydroxyl groups excluding tert-OH is 1. The van der Waals surface area contributed by atoms with Gasteiger partial charge in [-0.2, -0.15) is 0 Å². The number of pyridine rings is 1. The van der Waals surface area contributed by atoms with E-state index in [1.54, 1.807) is 6.20 Å². The number of benzene rings is 1. The van der Waals surface area contributed by atoms with Crippen molar-refractivity contribution in [3.63, 3.8) is 0 Å². The molecule has 7 nitrogen and oxygen atoms in total. The van der Waals surface area contributed by atoms with Gasteiger partial charge in [0.05, 0.1) is 11.7 Å². The van der Waals surface area contributed by atoms with Crippen LogP contribution in [0.1, 0.15) is 60.9 Å². The van der Waals surface area contributed by atoms with Crippen LogP contribution in [0.15, 0.2) is 36.5 Å². The number of anilines is 1. The van der Waals surface area contributed by atoms with Crippen LogP contribution in [-0.4, -0.2) is 65.4 Å². The minimum Gasteiger partial charge on any atom is -0.393 e. The average Bonchev–Trinajstić information content (AvgIpc) is 3.46. The fourth-order valence-electron chi connectivity index (χ4n) is 6.59. The standard InChI is InChI=1S/C28H36N4O3/c29-26-25(27(34)31-22-5-7-24(33)8-6-22)13-19(15-30-26)18-1-3-20(4-2-18)28-14-21(28)16-32(17-28)23-9-11-35-12-10-23/h1-4,13,15,21-24,33H,5-12,14,16-17H2,(H2,29,30)(H,31,34)/t21-,22-,24+,28+/m1/s1. The summed E-state index contributed by atoms with van der Waals surface area (Å²) in [5.41, 5.74) is 10.2. The smallest absolute Gasteiger partial charge is 0.255 e. The van der Waals surface area contributed by atoms with Gasteiger partial charge < -0.3 is 20.9 Å². The van der Waals surface area contributed by atoms with E-state index in [0.29, 0.717) is 17.0 Å². The van der Waals surface area contributed by atoms with Crippen LogP contribution in [0.25, 0.3) is 11.1 Å². The van der Waals surface area contributed by atoms with E-state index >= 15 is 0 Å². The van der Waals surface area contributed by atoms with Crippen LogP contribution in [0, 0.1) is 5.92 Å². The molecule has 0 unspecified atom stereocenters. The molecule has 0 bridgehead atoms. The van der Waals surface area contributed by atoms with Crippen molar-refractivity contribution >= 4 is 11.7 Å². The van der Waals surface area contributed by atoms with Gasteiger partial charge in [-0.1, -0.05) is 24.3 Å². The lowest BCUT2D eigenvalue weighted by Crippen LogP contribution is -2.40. The van der Waals surface area contributed by atoms with E-state index in [0.717, 1.165) is 75.3 Å². The van der Waals surface area contributed by atoms with Crippen molar-refractivity contribution < 1.29 is 14.6 Å². The van der Waals surface area contributed by atoms with Crippen molar-refractivity contribution in [2.75, 3.05) is 32.0 Å². The Hall–Kier alpha value is -2.48. The zero-order chi connectivity index (χ0) is 24.0. The molecule has 4 N–H and O–H groups in total. The van der Waals surface area contributed by atoms with E-state index in [2.05, 4.69) is 39.5 Å². The first kappa shape index (κ1) is 23.0. The number of aliphatic hydroxyl groups is 1. The van der Waals surface area contributed by atoms with Gasteiger partial charge in [-0.05, 0) is 68.1 Å². The lowest BCUT2D eigenvalue weighted by molar-refractivity contribution is 0.0378. The monoisotopic (exact) mass is 476 g/mol. The maximum atomic E-state index is 12.9. The van der Waals surface area contributed by atoms with Crippen molar-refractivity contribution in [1.29, 1.82) is 0 Å². The third-order valence-electron chi connectivity index (χ3n) is 8.87. The van der Waals surface area contributed by atoms with Crippen LogP contribution in [0.3, 0.4) is 0 Å². The number of amides is 1. The van der Waals surface area contributed by atoms with Crippen LogP contribution in [-0.2, 0) is 10.2 Å². The van der Waals surface area contributed by atoms with Crippen LogP contribution in [0.5, 0.6) is 0 Å². The van der Waals surface area contributed by atoms with Gasteiger partial charge in [0, 0.05) is 55.6 Å². The summed E-state index contributed by atoms with van der Waals surface area (Å²) in [4.78, 5) is 20.0. The quantitative estimate of drug-likeness (QED) is 0.613. The van der Waals surface area contributed by atoms with Gasteiger partial charge in [0.2, 0.25) is 0 Å². The number of carbonyl (C=O) groups is 1. The van der Waals surface area contributed by atoms with Crippen molar-refractivity contribution in [3.05, 3.63) is 47.7 Å². The highest BCUT2D eigenvalue weighted by atomic mass is 16.5. The number of hydrogen-bond donors (Lipinski definition) is 3. The number of nitrogens with one attached hydrogen (secondary N) is 1. The molecule has 2 aromatic rings. The van der Waals surface area contributed by atoms with Gasteiger partial charge in [0.25, 0.3) is 5.91 Å². The number of likely N-dealkylation sites (tertiary alicyclic amines) is 1. The number of aromatic nitrogens is 1. The number of piperidine rings is 1. The van der Waals surface area contributed by atoms with Crippen molar-refractivity contribution in [1.82, 2.24) is 15.2 Å². The first-order valence-corrected chi connectivity index (χ1v) is 13.2. The number of nitrogen functional groups attached to an aromatic ring is 1. The van der Waals surface area contributed by atoms with Crippen LogP contribution >= 0.6 is 0 Å². The summed E-state index contributed by atoms with van der Waals surface area (Å²) in [6, 6.07) is 11.5. The average molecular weight is 477 g/mol. The first-order valence-electron chi connectivity index (χ1n) is 13.2. The van der Waals surface area contributed by atoms with Crippen molar-refractivity contribution in [3.8, 4) is 11.1 Å². The molecule has 2 aliphatic carbocycles. The Kier molecular flexibility index (Phi) is 6.03. The normalized spacial score (nSPS) is 31.2. The highest BCUT2D eigenvalue weighted by Crippen LogP contribution is 2.59. The van der Waals surface area contributed by atoms with Crippen LogP contribution in [0.4, 0.5) is 5.82 Å². The molecule has 2 atom stereocenters. The molecule has 0 spiro atoms. The number of hydrogen-bond acceptors (Lipinski definition) is 6. The predicted octanol–water partition coefficient (Wildman–Crippen LogP) is 3.12. The molecule has 2 aliphatic heterocycles. The zero-order valence-corrected chi connectivity index (χ0v) is 20.3. The molecule has 4 aliphatic rings. The lowest BCUT2D eigenvalue weighted by Gasteiger charge is -2.33. The summed E-state index contributed by atoms with van der Waals surface area (Å²) in [7, 11) is 0. The first-order chi connectivity index (χ1) is 17.0. The molecule has 3 heterocycles. The molecule has 2 saturated heterocycles. The summed E-state index contributed by atoms with van der Waals surface area (Å²) >= 11 is 0. The number of nitrogens with zero attached hydrogens (tertiary/aromatic N) is 2. The van der Waals surface area contributed by atoms with Crippen molar-refractivity contribution in [2.24, 2.45) is 5.92 Å². The molecule has 6 rings (SSSR count). The predicted molar refractivity (Wildman–Crippen MR) is 135 cm³/mol. The Labute approximate surface area is 207 Å². The Morgan fingerprint density at radius 3 is 2.57 bits per heavy atom. The van der Waals surface area contributed by atoms with E-state index in [9.17, 15) is 9.90 Å². The van der Waals surface area contributed by atoms with Crippen molar-refractivity contribution in [2.45, 2.75) is 68.5 Å². The van der Waals surface area contributed by atoms with E-state index < -0.39 is 0 Å². The van der Waals surface area contributed by atoms with Gasteiger partial charge in [0.15, 0.2) is 0 Å². The van der Waals surface area contributed by atoms with E-state index in [1.807, 2.05) is 6.07 Å². The molecule has 1 aromatic carbocycles. The summed E-state index contributed by atoms with van der Waals surface area (Å²) in [6.45, 7) is 4.17. The molecule has 7 heteroatoms. The van der Waals surface area contributed by atoms with E-state index in [1.165, 1.54) is 18.5 Å². The Morgan fingerprint density at radius 1 is 1.09 bits per heavy atom. The largest absolute Gasteiger partial charge is 0.393 e. The Morgan fingerprint density at radius 2 is 1.83 bits per heavy atom. The Balaban J connectivity index is 1.15. The molecule has 0 radical (unpaired) electrons. The molecule has 1 aromatic heterocycles. The van der Waals surface area contributed by atoms with Gasteiger partial charge in [0.1, 0.15) is 5.82 Å². The molecule has 35 heavy (non-hydrogen) atoms. The minimum absolute atomic E-state index is 0.0751. The molecule has 2 saturated carbocycles. The second kappa shape index (κ2) is 9.19. The Bertz CT molecular complexity index is 1080.